The Morgan fingerprint density at radius 3 is 2.31 bits per heavy atom. The lowest BCUT2D eigenvalue weighted by molar-refractivity contribution is 0.354. The number of hydrogen-bond acceptors (Lipinski definition) is 4. The van der Waals surface area contributed by atoms with Crippen molar-refractivity contribution in [1.82, 2.24) is 10.6 Å². The average molecular weight is 513 g/mol. The molecule has 0 aliphatic heterocycles. The first-order valence-electron chi connectivity index (χ1n) is 9.56. The molecule has 0 amide bonds. The minimum absolute atomic E-state index is 0. The Bertz CT molecular complexity index is 769. The minimum atomic E-state index is 0. The molecule has 0 heterocycles. The fourth-order valence-electron chi connectivity index (χ4n) is 2.83. The average Bonchev–Trinajstić information content (AvgIpc) is 2.73. The number of methoxy groups -OCH3 is 3. The number of aliphatic imine (C=N–C) groups is 1. The van der Waals surface area contributed by atoms with Crippen LogP contribution in [0.2, 0.25) is 0 Å². The van der Waals surface area contributed by atoms with E-state index < -0.39 is 0 Å². The molecule has 2 N–H and O–H groups in total. The first-order chi connectivity index (χ1) is 13.7. The Labute approximate surface area is 191 Å². The lowest BCUT2D eigenvalue weighted by Gasteiger charge is -2.12. The van der Waals surface area contributed by atoms with Gasteiger partial charge in [0.2, 0.25) is 0 Å². The maximum absolute atomic E-state index is 5.36. The van der Waals surface area contributed by atoms with Crippen LogP contribution in [0.1, 0.15) is 18.1 Å². The predicted octanol–water partition coefficient (Wildman–Crippen LogP) is 3.67. The minimum Gasteiger partial charge on any atom is -0.497 e. The molecule has 7 heteroatoms. The molecule has 29 heavy (non-hydrogen) atoms. The summed E-state index contributed by atoms with van der Waals surface area (Å²) in [5.41, 5.74) is 2.39. The normalized spacial score (nSPS) is 10.7. The summed E-state index contributed by atoms with van der Waals surface area (Å²) in [6, 6.07) is 14.1. The van der Waals surface area contributed by atoms with Crippen molar-refractivity contribution in [3.05, 3.63) is 53.6 Å². The summed E-state index contributed by atoms with van der Waals surface area (Å²) in [7, 11) is 4.97. The lowest BCUT2D eigenvalue weighted by Crippen LogP contribution is -2.38. The highest BCUT2D eigenvalue weighted by Gasteiger charge is 2.05. The van der Waals surface area contributed by atoms with Gasteiger partial charge in [-0.15, -0.1) is 24.0 Å². The van der Waals surface area contributed by atoms with Crippen molar-refractivity contribution in [3.63, 3.8) is 0 Å². The summed E-state index contributed by atoms with van der Waals surface area (Å²) in [6.45, 7) is 4.37. The summed E-state index contributed by atoms with van der Waals surface area (Å²) in [5.74, 6) is 3.19. The van der Waals surface area contributed by atoms with Crippen LogP contribution in [0.15, 0.2) is 47.5 Å². The molecule has 0 saturated carbocycles. The summed E-state index contributed by atoms with van der Waals surface area (Å²) >= 11 is 0. The molecule has 0 atom stereocenters. The van der Waals surface area contributed by atoms with Gasteiger partial charge >= 0.3 is 0 Å². The summed E-state index contributed by atoms with van der Waals surface area (Å²) in [6.07, 6.45) is 1.73. The molecule has 160 valence electrons. The van der Waals surface area contributed by atoms with Gasteiger partial charge in [0.15, 0.2) is 17.5 Å². The Hall–Kier alpha value is -2.16. The number of nitrogens with one attached hydrogen (secondary N) is 2. The van der Waals surface area contributed by atoms with E-state index >= 15 is 0 Å². The number of guanidine groups is 1. The van der Waals surface area contributed by atoms with E-state index in [4.69, 9.17) is 14.2 Å². The van der Waals surface area contributed by atoms with Gasteiger partial charge in [-0.05, 0) is 55.2 Å². The topological polar surface area (TPSA) is 64.1 Å². The fraction of sp³-hybridized carbons (Fsp3) is 0.409. The molecular formula is C22H32IN3O3. The number of halogens is 1. The molecular weight excluding hydrogens is 481 g/mol. The molecule has 0 radical (unpaired) electrons. The van der Waals surface area contributed by atoms with Gasteiger partial charge < -0.3 is 24.8 Å². The van der Waals surface area contributed by atoms with E-state index in [1.54, 1.807) is 21.3 Å². The van der Waals surface area contributed by atoms with Crippen LogP contribution >= 0.6 is 24.0 Å². The Balaban J connectivity index is 0.00000420. The molecule has 0 aromatic heterocycles. The zero-order chi connectivity index (χ0) is 20.2. The maximum Gasteiger partial charge on any atom is 0.191 e. The van der Waals surface area contributed by atoms with E-state index in [-0.39, 0.29) is 24.0 Å². The Morgan fingerprint density at radius 1 is 0.862 bits per heavy atom. The molecule has 0 aliphatic carbocycles. The van der Waals surface area contributed by atoms with Crippen molar-refractivity contribution in [1.29, 1.82) is 0 Å². The molecule has 0 fully saturated rings. The molecule has 0 unspecified atom stereocenters. The lowest BCUT2D eigenvalue weighted by atomic mass is 10.1. The highest BCUT2D eigenvalue weighted by Crippen LogP contribution is 2.27. The van der Waals surface area contributed by atoms with E-state index in [2.05, 4.69) is 34.7 Å². The highest BCUT2D eigenvalue weighted by atomic mass is 127. The van der Waals surface area contributed by atoms with E-state index in [9.17, 15) is 0 Å². The predicted molar refractivity (Wildman–Crippen MR) is 129 cm³/mol. The van der Waals surface area contributed by atoms with Crippen molar-refractivity contribution in [2.45, 2.75) is 19.8 Å². The van der Waals surface area contributed by atoms with Gasteiger partial charge in [0, 0.05) is 19.6 Å². The fourth-order valence-corrected chi connectivity index (χ4v) is 2.83. The molecule has 6 nitrogen and oxygen atoms in total. The van der Waals surface area contributed by atoms with Crippen LogP contribution in [0.3, 0.4) is 0 Å². The second-order valence-corrected chi connectivity index (χ2v) is 6.23. The van der Waals surface area contributed by atoms with Crippen molar-refractivity contribution >= 4 is 29.9 Å². The number of hydrogen-bond donors (Lipinski definition) is 2. The Kier molecular flexibility index (Phi) is 11.9. The molecule has 0 aliphatic rings. The van der Waals surface area contributed by atoms with Crippen molar-refractivity contribution in [3.8, 4) is 17.2 Å². The van der Waals surface area contributed by atoms with Crippen LogP contribution in [0, 0.1) is 0 Å². The van der Waals surface area contributed by atoms with Gasteiger partial charge in [-0.1, -0.05) is 18.2 Å². The number of nitrogens with zero attached hydrogens (tertiary/aromatic N) is 1. The largest absolute Gasteiger partial charge is 0.497 e. The standard InChI is InChI=1S/C22H31N3O3.HI/c1-5-23-22(24-13-11-17-7-6-8-19(15-17)26-2)25-14-12-18-9-10-20(27-3)21(16-18)28-4;/h6-10,15-16H,5,11-14H2,1-4H3,(H2,23,24,25);1H. The van der Waals surface area contributed by atoms with E-state index in [0.29, 0.717) is 6.54 Å². The number of ether oxygens (including phenoxy) is 3. The molecule has 0 saturated heterocycles. The number of benzene rings is 2. The van der Waals surface area contributed by atoms with Crippen molar-refractivity contribution in [2.75, 3.05) is 41.0 Å². The van der Waals surface area contributed by atoms with Gasteiger partial charge in [-0.2, -0.15) is 0 Å². The van der Waals surface area contributed by atoms with Crippen LogP contribution in [0.25, 0.3) is 0 Å². The van der Waals surface area contributed by atoms with Gasteiger partial charge in [0.1, 0.15) is 5.75 Å². The van der Waals surface area contributed by atoms with Crippen molar-refractivity contribution < 1.29 is 14.2 Å². The molecule has 2 aromatic carbocycles. The second kappa shape index (κ2) is 13.9. The van der Waals surface area contributed by atoms with Gasteiger partial charge in [-0.3, -0.25) is 4.99 Å². The molecule has 0 spiro atoms. The first kappa shape index (κ1) is 24.9. The summed E-state index contributed by atoms with van der Waals surface area (Å²) in [5, 5.41) is 6.68. The van der Waals surface area contributed by atoms with E-state index in [1.165, 1.54) is 5.56 Å². The van der Waals surface area contributed by atoms with E-state index in [0.717, 1.165) is 54.7 Å². The van der Waals surface area contributed by atoms with Crippen LogP contribution in [-0.2, 0) is 12.8 Å². The van der Waals surface area contributed by atoms with E-state index in [1.807, 2.05) is 30.3 Å². The Morgan fingerprint density at radius 2 is 1.62 bits per heavy atom. The molecule has 2 rings (SSSR count). The first-order valence-corrected chi connectivity index (χ1v) is 9.56. The monoisotopic (exact) mass is 513 g/mol. The summed E-state index contributed by atoms with van der Waals surface area (Å²) in [4.78, 5) is 4.67. The smallest absolute Gasteiger partial charge is 0.191 e. The second-order valence-electron chi connectivity index (χ2n) is 6.23. The maximum atomic E-state index is 5.36. The molecule has 0 bridgehead atoms. The van der Waals surface area contributed by atoms with Crippen LogP contribution in [0.5, 0.6) is 17.2 Å². The van der Waals surface area contributed by atoms with Gasteiger partial charge in [-0.25, -0.2) is 0 Å². The van der Waals surface area contributed by atoms with Crippen LogP contribution < -0.4 is 24.8 Å². The SMILES string of the molecule is CCNC(=NCCc1ccc(OC)c(OC)c1)NCCc1cccc(OC)c1.I. The van der Waals surface area contributed by atoms with Gasteiger partial charge in [0.05, 0.1) is 21.3 Å². The zero-order valence-corrected chi connectivity index (χ0v) is 20.0. The van der Waals surface area contributed by atoms with Crippen LogP contribution in [0.4, 0.5) is 0 Å². The zero-order valence-electron chi connectivity index (χ0n) is 17.7. The van der Waals surface area contributed by atoms with Gasteiger partial charge in [0.25, 0.3) is 0 Å². The quantitative estimate of drug-likeness (QED) is 0.289. The number of rotatable bonds is 10. The van der Waals surface area contributed by atoms with Crippen LogP contribution in [-0.4, -0.2) is 46.9 Å². The third-order valence-corrected chi connectivity index (χ3v) is 4.30. The molecule has 2 aromatic rings. The highest BCUT2D eigenvalue weighted by molar-refractivity contribution is 14.0. The van der Waals surface area contributed by atoms with Crippen molar-refractivity contribution in [2.24, 2.45) is 4.99 Å². The third kappa shape index (κ3) is 8.39. The third-order valence-electron chi connectivity index (χ3n) is 4.30. The summed E-state index contributed by atoms with van der Waals surface area (Å²) < 4.78 is 15.9.